The Bertz CT molecular complexity index is 819. The summed E-state index contributed by atoms with van der Waals surface area (Å²) in [6.07, 6.45) is 3.03. The molecule has 148 valence electrons. The minimum absolute atomic E-state index is 0.0124. The molecule has 1 aliphatic rings. The molecule has 1 fully saturated rings. The smallest absolute Gasteiger partial charge is 0.338 e. The lowest BCUT2D eigenvalue weighted by atomic mass is 10.2. The van der Waals surface area contributed by atoms with Crippen LogP contribution in [0.25, 0.3) is 0 Å². The Balaban J connectivity index is 2.19. The summed E-state index contributed by atoms with van der Waals surface area (Å²) in [5.41, 5.74) is 0.0124. The molecule has 0 saturated carbocycles. The number of nitrogens with one attached hydrogen (secondary N) is 1. The zero-order chi connectivity index (χ0) is 20.0. The Morgan fingerprint density at radius 1 is 1.33 bits per heavy atom. The minimum Gasteiger partial charge on any atom is -0.449 e. The highest BCUT2D eigenvalue weighted by Gasteiger charge is 2.29. The zero-order valence-corrected chi connectivity index (χ0v) is 16.7. The number of nitrogens with zero attached hydrogens (tertiary/aromatic N) is 1. The van der Waals surface area contributed by atoms with Crippen molar-refractivity contribution in [1.82, 2.24) is 9.62 Å². The number of sulfonamides is 1. The Morgan fingerprint density at radius 2 is 2.00 bits per heavy atom. The molecule has 1 N–H and O–H groups in total. The molecule has 7 nitrogen and oxygen atoms in total. The fourth-order valence-corrected chi connectivity index (χ4v) is 4.69. The van der Waals surface area contributed by atoms with E-state index in [4.69, 9.17) is 16.3 Å². The van der Waals surface area contributed by atoms with Gasteiger partial charge in [-0.2, -0.15) is 4.31 Å². The van der Waals surface area contributed by atoms with E-state index in [1.54, 1.807) is 0 Å². The van der Waals surface area contributed by atoms with Crippen molar-refractivity contribution in [3.8, 4) is 0 Å². The van der Waals surface area contributed by atoms with Crippen LogP contribution in [-0.4, -0.2) is 50.3 Å². The predicted octanol–water partition coefficient (Wildman–Crippen LogP) is 2.36. The van der Waals surface area contributed by atoms with Gasteiger partial charge in [-0.05, 0) is 38.0 Å². The van der Waals surface area contributed by atoms with Crippen molar-refractivity contribution in [3.05, 3.63) is 41.4 Å². The van der Waals surface area contributed by atoms with Gasteiger partial charge in [0.2, 0.25) is 10.0 Å². The highest BCUT2D eigenvalue weighted by molar-refractivity contribution is 7.89. The molecular formula is C18H23ClN2O5S. The molecule has 2 rings (SSSR count). The summed E-state index contributed by atoms with van der Waals surface area (Å²) in [5, 5.41) is 2.55. The van der Waals surface area contributed by atoms with E-state index in [2.05, 4.69) is 11.9 Å². The molecule has 9 heteroatoms. The van der Waals surface area contributed by atoms with Crippen LogP contribution in [0.1, 0.15) is 36.5 Å². The molecule has 1 atom stereocenters. The average Bonchev–Trinajstić information content (AvgIpc) is 2.66. The number of halogens is 1. The van der Waals surface area contributed by atoms with Gasteiger partial charge < -0.3 is 10.1 Å². The van der Waals surface area contributed by atoms with E-state index in [1.807, 2.05) is 0 Å². The molecule has 1 aromatic rings. The third-order valence-corrected chi connectivity index (χ3v) is 6.55. The molecule has 0 radical (unpaired) electrons. The van der Waals surface area contributed by atoms with E-state index in [0.29, 0.717) is 13.1 Å². The summed E-state index contributed by atoms with van der Waals surface area (Å²) in [5.74, 6) is -1.28. The van der Waals surface area contributed by atoms with Crippen LogP contribution in [-0.2, 0) is 19.6 Å². The van der Waals surface area contributed by atoms with Crippen LogP contribution in [0.15, 0.2) is 35.7 Å². The maximum atomic E-state index is 12.8. The van der Waals surface area contributed by atoms with Crippen LogP contribution in [0.3, 0.4) is 0 Å². The second-order valence-electron chi connectivity index (χ2n) is 6.19. The summed E-state index contributed by atoms with van der Waals surface area (Å²) >= 11 is 6.09. The first kappa shape index (κ1) is 21.4. The number of benzene rings is 1. The molecule has 1 aromatic carbocycles. The Labute approximate surface area is 164 Å². The second-order valence-corrected chi connectivity index (χ2v) is 8.50. The van der Waals surface area contributed by atoms with Gasteiger partial charge >= 0.3 is 5.97 Å². The first-order chi connectivity index (χ1) is 12.8. The van der Waals surface area contributed by atoms with Crippen LogP contribution in [0.4, 0.5) is 0 Å². The largest absolute Gasteiger partial charge is 0.449 e. The molecule has 1 heterocycles. The number of hydrogen-bond acceptors (Lipinski definition) is 5. The summed E-state index contributed by atoms with van der Waals surface area (Å²) in [7, 11) is -3.80. The van der Waals surface area contributed by atoms with E-state index in [9.17, 15) is 18.0 Å². The molecule has 27 heavy (non-hydrogen) atoms. The van der Waals surface area contributed by atoms with Crippen molar-refractivity contribution < 1.29 is 22.7 Å². The first-order valence-electron chi connectivity index (χ1n) is 8.66. The Morgan fingerprint density at radius 3 is 2.63 bits per heavy atom. The van der Waals surface area contributed by atoms with Gasteiger partial charge in [-0.15, -0.1) is 6.58 Å². The third-order valence-electron chi connectivity index (χ3n) is 4.17. The average molecular weight is 415 g/mol. The van der Waals surface area contributed by atoms with E-state index in [1.165, 1.54) is 35.5 Å². The number of carbonyl (C=O) groups is 2. The van der Waals surface area contributed by atoms with Crippen molar-refractivity contribution in [2.45, 2.75) is 37.2 Å². The topological polar surface area (TPSA) is 92.8 Å². The van der Waals surface area contributed by atoms with Crippen molar-refractivity contribution >= 4 is 33.5 Å². The van der Waals surface area contributed by atoms with Gasteiger partial charge in [-0.25, -0.2) is 13.2 Å². The first-order valence-corrected chi connectivity index (χ1v) is 10.5. The van der Waals surface area contributed by atoms with Crippen molar-refractivity contribution in [2.24, 2.45) is 0 Å². The van der Waals surface area contributed by atoms with Crippen molar-refractivity contribution in [3.63, 3.8) is 0 Å². The van der Waals surface area contributed by atoms with Gasteiger partial charge in [0.05, 0.1) is 10.6 Å². The summed E-state index contributed by atoms with van der Waals surface area (Å²) in [6.45, 7) is 6.01. The molecule has 1 amide bonds. The predicted molar refractivity (Wildman–Crippen MR) is 102 cm³/mol. The van der Waals surface area contributed by atoms with Crippen LogP contribution >= 0.6 is 11.6 Å². The van der Waals surface area contributed by atoms with E-state index in [0.717, 1.165) is 19.3 Å². The van der Waals surface area contributed by atoms with Crippen LogP contribution in [0.2, 0.25) is 5.02 Å². The minimum atomic E-state index is -3.80. The number of hydrogen-bond donors (Lipinski definition) is 1. The Hall–Kier alpha value is -1.90. The number of carbonyl (C=O) groups excluding carboxylic acids is 2. The number of piperidine rings is 1. The maximum absolute atomic E-state index is 12.8. The molecule has 0 bridgehead atoms. The summed E-state index contributed by atoms with van der Waals surface area (Å²) in [4.78, 5) is 24.0. The Kier molecular flexibility index (Phi) is 7.41. The van der Waals surface area contributed by atoms with Crippen LogP contribution < -0.4 is 5.32 Å². The third kappa shape index (κ3) is 5.31. The van der Waals surface area contributed by atoms with Crippen LogP contribution in [0.5, 0.6) is 0 Å². The molecule has 1 unspecified atom stereocenters. The fraction of sp³-hybridized carbons (Fsp3) is 0.444. The van der Waals surface area contributed by atoms with Gasteiger partial charge in [0.15, 0.2) is 6.10 Å². The highest BCUT2D eigenvalue weighted by Crippen LogP contribution is 2.28. The number of amides is 1. The molecule has 0 aromatic heterocycles. The molecule has 1 saturated heterocycles. The lowest BCUT2D eigenvalue weighted by Gasteiger charge is -2.26. The maximum Gasteiger partial charge on any atom is 0.338 e. The molecule has 1 aliphatic heterocycles. The van der Waals surface area contributed by atoms with Gasteiger partial charge in [0, 0.05) is 19.6 Å². The van der Waals surface area contributed by atoms with E-state index in [-0.39, 0.29) is 22.0 Å². The number of ether oxygens (including phenoxy) is 1. The molecule has 0 spiro atoms. The lowest BCUT2D eigenvalue weighted by Crippen LogP contribution is -2.36. The quantitative estimate of drug-likeness (QED) is 0.546. The molecule has 0 aliphatic carbocycles. The number of esters is 1. The zero-order valence-electron chi connectivity index (χ0n) is 15.1. The highest BCUT2D eigenvalue weighted by atomic mass is 35.5. The second kappa shape index (κ2) is 9.34. The fourth-order valence-electron chi connectivity index (χ4n) is 2.67. The van der Waals surface area contributed by atoms with Gasteiger partial charge in [0.1, 0.15) is 4.90 Å². The van der Waals surface area contributed by atoms with Crippen molar-refractivity contribution in [1.29, 1.82) is 0 Å². The van der Waals surface area contributed by atoms with E-state index >= 15 is 0 Å². The van der Waals surface area contributed by atoms with Gasteiger partial charge in [0.25, 0.3) is 5.91 Å². The van der Waals surface area contributed by atoms with Gasteiger partial charge in [-0.3, -0.25) is 4.79 Å². The van der Waals surface area contributed by atoms with E-state index < -0.39 is 28.0 Å². The normalized spacial score (nSPS) is 16.4. The van der Waals surface area contributed by atoms with Crippen molar-refractivity contribution in [2.75, 3.05) is 19.6 Å². The molecular weight excluding hydrogens is 392 g/mol. The summed E-state index contributed by atoms with van der Waals surface area (Å²) in [6, 6.07) is 3.91. The SMILES string of the molecule is C=CCNC(=O)C(C)OC(=O)c1ccc(Cl)c(S(=O)(=O)N2CCCCC2)c1. The standard InChI is InChI=1S/C18H23ClN2O5S/c1-3-9-20-17(22)13(2)26-18(23)14-7-8-15(19)16(12-14)27(24,25)21-10-5-4-6-11-21/h3,7-8,12-13H,1,4-6,9-11H2,2H3,(H,20,22). The lowest BCUT2D eigenvalue weighted by molar-refractivity contribution is -0.128. The van der Waals surface area contributed by atoms with Crippen LogP contribution in [0, 0.1) is 0 Å². The number of rotatable bonds is 7. The monoisotopic (exact) mass is 414 g/mol. The van der Waals surface area contributed by atoms with Gasteiger partial charge in [-0.1, -0.05) is 24.1 Å². The summed E-state index contributed by atoms with van der Waals surface area (Å²) < 4.78 is 32.2.